The van der Waals surface area contributed by atoms with Crippen LogP contribution in [0.5, 0.6) is 0 Å². The molecule has 0 amide bonds. The summed E-state index contributed by atoms with van der Waals surface area (Å²) in [4.78, 5) is 4.92. The first kappa shape index (κ1) is 11.6. The smallest absolute Gasteiger partial charge is 0.143 e. The van der Waals surface area contributed by atoms with Crippen LogP contribution >= 0.6 is 23.5 Å². The lowest BCUT2D eigenvalue weighted by Gasteiger charge is -2.05. The van der Waals surface area contributed by atoms with E-state index in [1.807, 2.05) is 12.1 Å². The molecule has 0 atom stereocenters. The lowest BCUT2D eigenvalue weighted by Crippen LogP contribution is -2.07. The van der Waals surface area contributed by atoms with Crippen LogP contribution in [0, 0.1) is 0 Å². The first-order chi connectivity index (χ1) is 6.74. The highest BCUT2D eigenvalue weighted by Crippen LogP contribution is 2.21. The van der Waals surface area contributed by atoms with Crippen LogP contribution in [0.15, 0.2) is 35.4 Å². The van der Waals surface area contributed by atoms with Crippen LogP contribution in [0.25, 0.3) is 0 Å². The van der Waals surface area contributed by atoms with Crippen LogP contribution in [0.3, 0.4) is 0 Å². The second kappa shape index (κ2) is 6.06. The van der Waals surface area contributed by atoms with Crippen molar-refractivity contribution >= 4 is 23.5 Å². The van der Waals surface area contributed by atoms with E-state index in [0.29, 0.717) is 5.15 Å². The van der Waals surface area contributed by atoms with Crippen LogP contribution in [0.1, 0.15) is 13.3 Å². The number of hydrogen-bond acceptors (Lipinski definition) is 3. The van der Waals surface area contributed by atoms with Crippen LogP contribution in [-0.4, -0.2) is 11.5 Å². The summed E-state index contributed by atoms with van der Waals surface area (Å²) in [6.07, 6.45) is 2.67. The minimum atomic E-state index is 0.534. The molecule has 76 valence electrons. The maximum Gasteiger partial charge on any atom is 0.143 e. The Morgan fingerprint density at radius 1 is 1.71 bits per heavy atom. The Morgan fingerprint density at radius 2 is 2.50 bits per heavy atom. The molecule has 1 rings (SSSR count). The maximum absolute atomic E-state index is 5.88. The molecule has 0 fully saturated rings. The molecule has 0 aromatic carbocycles. The SMILES string of the molecule is C=C(CC)CNSc1cccnc1Cl. The van der Waals surface area contributed by atoms with Gasteiger partial charge in [-0.15, -0.1) is 0 Å². The summed E-state index contributed by atoms with van der Waals surface area (Å²) < 4.78 is 3.19. The van der Waals surface area contributed by atoms with Crippen molar-refractivity contribution in [1.29, 1.82) is 0 Å². The largest absolute Gasteiger partial charge is 0.256 e. The third kappa shape index (κ3) is 3.70. The van der Waals surface area contributed by atoms with E-state index in [9.17, 15) is 0 Å². The van der Waals surface area contributed by atoms with Crippen molar-refractivity contribution in [2.45, 2.75) is 18.2 Å². The molecule has 4 heteroatoms. The van der Waals surface area contributed by atoms with E-state index in [-0.39, 0.29) is 0 Å². The van der Waals surface area contributed by atoms with E-state index in [4.69, 9.17) is 11.6 Å². The van der Waals surface area contributed by atoms with E-state index in [0.717, 1.165) is 17.9 Å². The molecule has 0 saturated carbocycles. The van der Waals surface area contributed by atoms with Gasteiger partial charge in [0.05, 0.1) is 4.90 Å². The van der Waals surface area contributed by atoms with Crippen molar-refractivity contribution in [3.8, 4) is 0 Å². The molecule has 0 saturated heterocycles. The van der Waals surface area contributed by atoms with Gasteiger partial charge in [0.2, 0.25) is 0 Å². The number of hydrogen-bond donors (Lipinski definition) is 1. The zero-order valence-electron chi connectivity index (χ0n) is 8.09. The average Bonchev–Trinajstić information content (AvgIpc) is 2.20. The number of halogens is 1. The molecule has 1 aromatic rings. The first-order valence-corrected chi connectivity index (χ1v) is 5.60. The Bertz CT molecular complexity index is 315. The van der Waals surface area contributed by atoms with Gasteiger partial charge in [0.25, 0.3) is 0 Å². The summed E-state index contributed by atoms with van der Waals surface area (Å²) in [7, 11) is 0. The van der Waals surface area contributed by atoms with Gasteiger partial charge in [-0.2, -0.15) is 0 Å². The predicted octanol–water partition coefficient (Wildman–Crippen LogP) is 3.30. The fourth-order valence-corrected chi connectivity index (χ4v) is 1.74. The van der Waals surface area contributed by atoms with Gasteiger partial charge < -0.3 is 0 Å². The molecule has 0 unspecified atom stereocenters. The molecule has 1 aromatic heterocycles. The zero-order valence-corrected chi connectivity index (χ0v) is 9.66. The molecule has 0 spiro atoms. The summed E-state index contributed by atoms with van der Waals surface area (Å²) in [6.45, 7) is 6.79. The van der Waals surface area contributed by atoms with Crippen LogP contribution in [0.2, 0.25) is 5.15 Å². The van der Waals surface area contributed by atoms with Gasteiger partial charge in [-0.1, -0.05) is 30.7 Å². The highest BCUT2D eigenvalue weighted by atomic mass is 35.5. The normalized spacial score (nSPS) is 10.1. The number of nitrogens with one attached hydrogen (secondary N) is 1. The van der Waals surface area contributed by atoms with Gasteiger partial charge in [-0.25, -0.2) is 4.98 Å². The van der Waals surface area contributed by atoms with Crippen molar-refractivity contribution in [2.75, 3.05) is 6.54 Å². The molecule has 1 heterocycles. The molecular formula is C10H13ClN2S. The minimum Gasteiger partial charge on any atom is -0.256 e. The van der Waals surface area contributed by atoms with Crippen molar-refractivity contribution in [3.63, 3.8) is 0 Å². The molecule has 0 aliphatic heterocycles. The van der Waals surface area contributed by atoms with Gasteiger partial charge in [-0.3, -0.25) is 4.72 Å². The highest BCUT2D eigenvalue weighted by Gasteiger charge is 2.00. The van der Waals surface area contributed by atoms with Crippen molar-refractivity contribution in [3.05, 3.63) is 35.6 Å². The number of nitrogens with zero attached hydrogens (tertiary/aromatic N) is 1. The highest BCUT2D eigenvalue weighted by molar-refractivity contribution is 7.97. The van der Waals surface area contributed by atoms with Gasteiger partial charge in [0, 0.05) is 12.7 Å². The van der Waals surface area contributed by atoms with Gasteiger partial charge in [-0.05, 0) is 30.5 Å². The van der Waals surface area contributed by atoms with Gasteiger partial charge >= 0.3 is 0 Å². The lowest BCUT2D eigenvalue weighted by atomic mass is 10.2. The van der Waals surface area contributed by atoms with Crippen LogP contribution in [0.4, 0.5) is 0 Å². The molecule has 0 aliphatic carbocycles. The second-order valence-corrected chi connectivity index (χ2v) is 4.11. The number of aromatic nitrogens is 1. The lowest BCUT2D eigenvalue weighted by molar-refractivity contribution is 0.966. The van der Waals surface area contributed by atoms with Gasteiger partial charge in [0.15, 0.2) is 0 Å². The summed E-state index contributed by atoms with van der Waals surface area (Å²) in [6, 6.07) is 3.80. The Morgan fingerprint density at radius 3 is 3.14 bits per heavy atom. The summed E-state index contributed by atoms with van der Waals surface area (Å²) in [5.41, 5.74) is 1.18. The van der Waals surface area contributed by atoms with E-state index in [1.54, 1.807) is 6.20 Å². The van der Waals surface area contributed by atoms with Gasteiger partial charge in [0.1, 0.15) is 5.15 Å². The average molecular weight is 229 g/mol. The van der Waals surface area contributed by atoms with E-state index in [2.05, 4.69) is 23.2 Å². The standard InChI is InChI=1S/C10H13ClN2S/c1-3-8(2)7-13-14-9-5-4-6-12-10(9)11/h4-6,13H,2-3,7H2,1H3. The zero-order chi connectivity index (χ0) is 10.4. The predicted molar refractivity (Wildman–Crippen MR) is 62.5 cm³/mol. The molecule has 2 nitrogen and oxygen atoms in total. The Kier molecular flexibility index (Phi) is 5.01. The second-order valence-electron chi connectivity index (χ2n) is 2.82. The first-order valence-electron chi connectivity index (χ1n) is 4.41. The third-order valence-corrected chi connectivity index (χ3v) is 2.98. The Hall–Kier alpha value is -0.510. The fraction of sp³-hybridized carbons (Fsp3) is 0.300. The topological polar surface area (TPSA) is 24.9 Å². The van der Waals surface area contributed by atoms with E-state index in [1.165, 1.54) is 17.5 Å². The molecule has 14 heavy (non-hydrogen) atoms. The van der Waals surface area contributed by atoms with Crippen molar-refractivity contribution in [1.82, 2.24) is 9.71 Å². The Balaban J connectivity index is 2.39. The molecule has 0 radical (unpaired) electrons. The number of pyridine rings is 1. The van der Waals surface area contributed by atoms with Crippen molar-refractivity contribution < 1.29 is 0 Å². The van der Waals surface area contributed by atoms with Crippen LogP contribution in [-0.2, 0) is 0 Å². The van der Waals surface area contributed by atoms with Crippen molar-refractivity contribution in [2.24, 2.45) is 0 Å². The quantitative estimate of drug-likeness (QED) is 0.476. The van der Waals surface area contributed by atoms with E-state index < -0.39 is 0 Å². The summed E-state index contributed by atoms with van der Waals surface area (Å²) in [5, 5.41) is 0.534. The Labute approximate surface area is 93.9 Å². The number of rotatable bonds is 5. The maximum atomic E-state index is 5.88. The summed E-state index contributed by atoms with van der Waals surface area (Å²) in [5.74, 6) is 0. The molecule has 0 aliphatic rings. The van der Waals surface area contributed by atoms with E-state index >= 15 is 0 Å². The molecule has 0 bridgehead atoms. The molecule has 1 N–H and O–H groups in total. The minimum absolute atomic E-state index is 0.534. The molecular weight excluding hydrogens is 216 g/mol. The monoisotopic (exact) mass is 228 g/mol. The third-order valence-electron chi connectivity index (χ3n) is 1.73. The van der Waals surface area contributed by atoms with Crippen LogP contribution < -0.4 is 4.72 Å². The fourth-order valence-electron chi connectivity index (χ4n) is 0.788. The summed E-state index contributed by atoms with van der Waals surface area (Å²) >= 11 is 7.36.